The van der Waals surface area contributed by atoms with Crippen LogP contribution in [0.1, 0.15) is 30.3 Å². The number of hydrogen-bond acceptors (Lipinski definition) is 4. The number of tetrazole rings is 1. The Labute approximate surface area is 110 Å². The number of rotatable bonds is 3. The normalized spacial score (nSPS) is 15.6. The van der Waals surface area contributed by atoms with Gasteiger partial charge in [0.2, 0.25) is 0 Å². The molecule has 2 heterocycles. The molecule has 0 saturated heterocycles. The van der Waals surface area contributed by atoms with Crippen molar-refractivity contribution in [1.29, 1.82) is 0 Å². The molecule has 0 aliphatic heterocycles. The summed E-state index contributed by atoms with van der Waals surface area (Å²) in [4.78, 5) is 11.6. The zero-order chi connectivity index (χ0) is 14.3. The van der Waals surface area contributed by atoms with E-state index in [2.05, 4.69) is 15.5 Å². The Kier molecular flexibility index (Phi) is 2.84. The van der Waals surface area contributed by atoms with Gasteiger partial charge in [0.05, 0.1) is 18.2 Å². The van der Waals surface area contributed by atoms with Crippen LogP contribution in [0.15, 0.2) is 23.1 Å². The molecule has 20 heavy (non-hydrogen) atoms. The van der Waals surface area contributed by atoms with Crippen molar-refractivity contribution in [3.63, 3.8) is 0 Å². The number of halogens is 3. The molecule has 0 bridgehead atoms. The summed E-state index contributed by atoms with van der Waals surface area (Å²) in [6, 6.07) is 1.86. The van der Waals surface area contributed by atoms with Crippen molar-refractivity contribution in [3.8, 4) is 0 Å². The molecule has 1 fully saturated rings. The molecule has 0 unspecified atom stereocenters. The number of pyridine rings is 1. The molecule has 1 aliphatic rings. The number of aromatic nitrogens is 5. The van der Waals surface area contributed by atoms with Gasteiger partial charge in [-0.3, -0.25) is 4.79 Å². The summed E-state index contributed by atoms with van der Waals surface area (Å²) in [6.07, 6.45) is -1.82. The van der Waals surface area contributed by atoms with Crippen LogP contribution in [-0.2, 0) is 12.7 Å². The van der Waals surface area contributed by atoms with Crippen LogP contribution in [0.2, 0.25) is 0 Å². The number of nitrogens with zero attached hydrogens (tertiary/aromatic N) is 5. The molecule has 2 aromatic rings. The van der Waals surface area contributed by atoms with Crippen LogP contribution >= 0.6 is 0 Å². The lowest BCUT2D eigenvalue weighted by Gasteiger charge is -2.10. The average Bonchev–Trinajstić information content (AvgIpc) is 3.11. The summed E-state index contributed by atoms with van der Waals surface area (Å²) >= 11 is 0. The highest BCUT2D eigenvalue weighted by atomic mass is 19.4. The molecule has 1 saturated carbocycles. The smallest absolute Gasteiger partial charge is 0.307 e. The Hall–Kier alpha value is -2.19. The van der Waals surface area contributed by atoms with Crippen molar-refractivity contribution >= 4 is 0 Å². The second-order valence-electron chi connectivity index (χ2n) is 4.65. The molecule has 0 radical (unpaired) electrons. The highest BCUT2D eigenvalue weighted by Crippen LogP contribution is 2.34. The molecule has 9 heteroatoms. The summed E-state index contributed by atoms with van der Waals surface area (Å²) in [6.45, 7) is -0.0771. The molecule has 0 aromatic carbocycles. The molecule has 2 aromatic heterocycles. The van der Waals surface area contributed by atoms with Gasteiger partial charge >= 0.3 is 6.18 Å². The van der Waals surface area contributed by atoms with Gasteiger partial charge in [0.25, 0.3) is 5.56 Å². The lowest BCUT2D eigenvalue weighted by molar-refractivity contribution is -0.138. The van der Waals surface area contributed by atoms with Crippen LogP contribution in [-0.4, -0.2) is 24.8 Å². The second kappa shape index (κ2) is 4.43. The largest absolute Gasteiger partial charge is 0.417 e. The van der Waals surface area contributed by atoms with E-state index in [-0.39, 0.29) is 12.6 Å². The predicted molar refractivity (Wildman–Crippen MR) is 60.9 cm³/mol. The van der Waals surface area contributed by atoms with Crippen molar-refractivity contribution in [2.75, 3.05) is 0 Å². The Balaban J connectivity index is 1.93. The molecule has 0 amide bonds. The van der Waals surface area contributed by atoms with Crippen LogP contribution in [0.4, 0.5) is 13.2 Å². The van der Waals surface area contributed by atoms with E-state index in [1.165, 1.54) is 0 Å². The standard InChI is InChI=1S/C11H10F3N5O/c12-11(13,14)7-1-4-10(20)18(5-7)6-9-15-16-17-19(9)8-2-3-8/h1,4-5,8H,2-3,6H2. The fourth-order valence-electron chi connectivity index (χ4n) is 1.89. The number of alkyl halides is 3. The van der Waals surface area contributed by atoms with Gasteiger partial charge in [0, 0.05) is 12.3 Å². The molecule has 0 spiro atoms. The molecular formula is C11H10F3N5O. The van der Waals surface area contributed by atoms with E-state index in [1.807, 2.05) is 0 Å². The fraction of sp³-hybridized carbons (Fsp3) is 0.455. The highest BCUT2D eigenvalue weighted by molar-refractivity contribution is 5.14. The maximum atomic E-state index is 12.6. The molecule has 0 atom stereocenters. The van der Waals surface area contributed by atoms with E-state index in [1.54, 1.807) is 4.68 Å². The Bertz CT molecular complexity index is 686. The summed E-state index contributed by atoms with van der Waals surface area (Å²) in [5.41, 5.74) is -1.40. The van der Waals surface area contributed by atoms with Crippen molar-refractivity contribution in [2.45, 2.75) is 31.6 Å². The minimum atomic E-state index is -4.49. The van der Waals surface area contributed by atoms with E-state index in [4.69, 9.17) is 0 Å². The lowest BCUT2D eigenvalue weighted by Crippen LogP contribution is -2.23. The van der Waals surface area contributed by atoms with Crippen LogP contribution in [0.3, 0.4) is 0 Å². The van der Waals surface area contributed by atoms with Gasteiger partial charge in [-0.2, -0.15) is 13.2 Å². The first-order valence-corrected chi connectivity index (χ1v) is 5.99. The zero-order valence-corrected chi connectivity index (χ0v) is 10.2. The number of hydrogen-bond donors (Lipinski definition) is 0. The molecule has 1 aliphatic carbocycles. The van der Waals surface area contributed by atoms with E-state index >= 15 is 0 Å². The van der Waals surface area contributed by atoms with Crippen LogP contribution < -0.4 is 5.56 Å². The Morgan fingerprint density at radius 3 is 2.70 bits per heavy atom. The van der Waals surface area contributed by atoms with Gasteiger partial charge in [0.1, 0.15) is 0 Å². The van der Waals surface area contributed by atoms with Gasteiger partial charge in [0.15, 0.2) is 5.82 Å². The highest BCUT2D eigenvalue weighted by Gasteiger charge is 2.31. The Morgan fingerprint density at radius 2 is 2.05 bits per heavy atom. The predicted octanol–water partition coefficient (Wildman–Crippen LogP) is 1.24. The van der Waals surface area contributed by atoms with E-state index in [0.29, 0.717) is 5.82 Å². The molecular weight excluding hydrogens is 275 g/mol. The quantitative estimate of drug-likeness (QED) is 0.851. The first-order valence-electron chi connectivity index (χ1n) is 5.99. The van der Waals surface area contributed by atoms with E-state index in [9.17, 15) is 18.0 Å². The summed E-state index contributed by atoms with van der Waals surface area (Å²) < 4.78 is 40.4. The van der Waals surface area contributed by atoms with Gasteiger partial charge < -0.3 is 4.57 Å². The first-order chi connectivity index (χ1) is 9.45. The van der Waals surface area contributed by atoms with Crippen molar-refractivity contribution in [3.05, 3.63) is 40.1 Å². The third kappa shape index (κ3) is 2.43. The third-order valence-corrected chi connectivity index (χ3v) is 3.08. The zero-order valence-electron chi connectivity index (χ0n) is 10.2. The third-order valence-electron chi connectivity index (χ3n) is 3.08. The Morgan fingerprint density at radius 1 is 1.30 bits per heavy atom. The molecule has 106 valence electrons. The van der Waals surface area contributed by atoms with Gasteiger partial charge in [-0.1, -0.05) is 0 Å². The lowest BCUT2D eigenvalue weighted by atomic mass is 10.3. The summed E-state index contributed by atoms with van der Waals surface area (Å²) in [5.74, 6) is 0.383. The monoisotopic (exact) mass is 285 g/mol. The molecule has 3 rings (SSSR count). The minimum Gasteiger partial charge on any atom is -0.307 e. The van der Waals surface area contributed by atoms with Crippen LogP contribution in [0.5, 0.6) is 0 Å². The van der Waals surface area contributed by atoms with Crippen molar-refractivity contribution < 1.29 is 13.2 Å². The SMILES string of the molecule is O=c1ccc(C(F)(F)F)cn1Cc1nnnn1C1CC1. The van der Waals surface area contributed by atoms with E-state index < -0.39 is 17.3 Å². The molecule has 6 nitrogen and oxygen atoms in total. The average molecular weight is 285 g/mol. The maximum Gasteiger partial charge on any atom is 0.417 e. The fourth-order valence-corrected chi connectivity index (χ4v) is 1.89. The van der Waals surface area contributed by atoms with Gasteiger partial charge in [-0.05, 0) is 29.3 Å². The van der Waals surface area contributed by atoms with Crippen molar-refractivity contribution in [2.24, 2.45) is 0 Å². The minimum absolute atomic E-state index is 0.0771. The van der Waals surface area contributed by atoms with Gasteiger partial charge in [-0.25, -0.2) is 4.68 Å². The summed E-state index contributed by atoms with van der Waals surface area (Å²) in [7, 11) is 0. The second-order valence-corrected chi connectivity index (χ2v) is 4.65. The van der Waals surface area contributed by atoms with E-state index in [0.717, 1.165) is 35.7 Å². The summed E-state index contributed by atoms with van der Waals surface area (Å²) in [5, 5.41) is 11.1. The van der Waals surface area contributed by atoms with Gasteiger partial charge in [-0.15, -0.1) is 5.10 Å². The van der Waals surface area contributed by atoms with Crippen molar-refractivity contribution in [1.82, 2.24) is 24.8 Å². The maximum absolute atomic E-state index is 12.6. The first kappa shape index (κ1) is 12.8. The van der Waals surface area contributed by atoms with Crippen LogP contribution in [0.25, 0.3) is 0 Å². The molecule has 0 N–H and O–H groups in total. The van der Waals surface area contributed by atoms with Crippen LogP contribution in [0, 0.1) is 0 Å². The topological polar surface area (TPSA) is 65.6 Å².